The van der Waals surface area contributed by atoms with Crippen molar-refractivity contribution in [3.8, 4) is 11.4 Å². The molecule has 1 aromatic carbocycles. The van der Waals surface area contributed by atoms with Crippen molar-refractivity contribution in [1.29, 1.82) is 0 Å². The molecule has 1 saturated carbocycles. The van der Waals surface area contributed by atoms with Crippen LogP contribution in [0.1, 0.15) is 70.6 Å². The average Bonchev–Trinajstić information content (AvgIpc) is 3.27. The molecule has 0 unspecified atom stereocenters. The summed E-state index contributed by atoms with van der Waals surface area (Å²) in [5.74, 6) is 2.37. The molecule has 1 fully saturated rings. The molecule has 1 atom stereocenters. The second-order valence-electron chi connectivity index (χ2n) is 7.69. The highest BCUT2D eigenvalue weighted by atomic mass is 16.5. The smallest absolute Gasteiger partial charge is 0.230 e. The van der Waals surface area contributed by atoms with Crippen molar-refractivity contribution < 1.29 is 9.32 Å². The van der Waals surface area contributed by atoms with Gasteiger partial charge in [-0.15, -0.1) is 0 Å². The number of fused-ring (bicyclic) bond motifs is 1. The van der Waals surface area contributed by atoms with Gasteiger partial charge < -0.3 is 4.52 Å². The number of aromatic nitrogens is 3. The molecule has 0 bridgehead atoms. The molecule has 0 amide bonds. The summed E-state index contributed by atoms with van der Waals surface area (Å²) in [4.78, 5) is 21.4. The summed E-state index contributed by atoms with van der Waals surface area (Å²) in [6, 6.07) is 10.0. The van der Waals surface area contributed by atoms with Gasteiger partial charge in [-0.2, -0.15) is 4.98 Å². The number of hydrogen-bond acceptors (Lipinski definition) is 5. The molecule has 5 rings (SSSR count). The van der Waals surface area contributed by atoms with Crippen molar-refractivity contribution in [2.75, 3.05) is 0 Å². The fourth-order valence-corrected chi connectivity index (χ4v) is 3.97. The van der Waals surface area contributed by atoms with E-state index in [1.54, 1.807) is 6.20 Å². The highest BCUT2D eigenvalue weighted by molar-refractivity contribution is 5.96. The van der Waals surface area contributed by atoms with Crippen LogP contribution in [0, 0.1) is 6.92 Å². The zero-order valence-corrected chi connectivity index (χ0v) is 15.3. The number of ketones is 1. The number of hydrogen-bond donors (Lipinski definition) is 0. The lowest BCUT2D eigenvalue weighted by atomic mass is 9.92. The first-order chi connectivity index (χ1) is 13.2. The minimum atomic E-state index is 0.190. The maximum absolute atomic E-state index is 12.7. The number of benzene rings is 1. The Morgan fingerprint density at radius 1 is 1.19 bits per heavy atom. The molecular formula is C22H21N3O2. The van der Waals surface area contributed by atoms with Crippen molar-refractivity contribution in [2.45, 2.75) is 50.9 Å². The van der Waals surface area contributed by atoms with Crippen LogP contribution in [0.5, 0.6) is 0 Å². The van der Waals surface area contributed by atoms with Crippen molar-refractivity contribution in [3.05, 3.63) is 64.8 Å². The monoisotopic (exact) mass is 359 g/mol. The van der Waals surface area contributed by atoms with Crippen LogP contribution >= 0.6 is 0 Å². The van der Waals surface area contributed by atoms with E-state index in [1.165, 1.54) is 11.1 Å². The van der Waals surface area contributed by atoms with Crippen molar-refractivity contribution in [2.24, 2.45) is 0 Å². The lowest BCUT2D eigenvalue weighted by molar-refractivity contribution is 0.0973. The molecule has 3 aromatic rings. The predicted octanol–water partition coefficient (Wildman–Crippen LogP) is 4.62. The van der Waals surface area contributed by atoms with E-state index in [4.69, 9.17) is 4.52 Å². The van der Waals surface area contributed by atoms with Crippen LogP contribution in [0.2, 0.25) is 0 Å². The van der Waals surface area contributed by atoms with E-state index in [-0.39, 0.29) is 11.7 Å². The summed E-state index contributed by atoms with van der Waals surface area (Å²) in [7, 11) is 0. The van der Waals surface area contributed by atoms with Gasteiger partial charge in [-0.05, 0) is 67.9 Å². The number of nitrogens with zero attached hydrogens (tertiary/aromatic N) is 3. The molecule has 0 spiro atoms. The van der Waals surface area contributed by atoms with Crippen LogP contribution < -0.4 is 0 Å². The maximum Gasteiger partial charge on any atom is 0.230 e. The van der Waals surface area contributed by atoms with Crippen LogP contribution in [0.25, 0.3) is 11.4 Å². The second-order valence-corrected chi connectivity index (χ2v) is 7.69. The molecule has 5 heteroatoms. The van der Waals surface area contributed by atoms with E-state index >= 15 is 0 Å². The number of aryl methyl sites for hydroxylation is 2. The number of carbonyl (C=O) groups is 1. The molecule has 0 aliphatic heterocycles. The average molecular weight is 359 g/mol. The van der Waals surface area contributed by atoms with Gasteiger partial charge in [0.05, 0.1) is 0 Å². The molecule has 0 N–H and O–H groups in total. The first-order valence-corrected chi connectivity index (χ1v) is 9.60. The van der Waals surface area contributed by atoms with Crippen LogP contribution in [0.3, 0.4) is 0 Å². The summed E-state index contributed by atoms with van der Waals surface area (Å²) in [6.45, 7) is 1.91. The summed E-state index contributed by atoms with van der Waals surface area (Å²) in [5, 5.41) is 4.14. The Bertz CT molecular complexity index is 1020. The summed E-state index contributed by atoms with van der Waals surface area (Å²) < 4.78 is 5.38. The zero-order chi connectivity index (χ0) is 18.4. The minimum Gasteiger partial charge on any atom is -0.339 e. The van der Waals surface area contributed by atoms with Gasteiger partial charge in [0.25, 0.3) is 0 Å². The third-order valence-corrected chi connectivity index (χ3v) is 5.62. The quantitative estimate of drug-likeness (QED) is 0.622. The van der Waals surface area contributed by atoms with Gasteiger partial charge in [0, 0.05) is 35.4 Å². The molecule has 5 nitrogen and oxygen atoms in total. The lowest BCUT2D eigenvalue weighted by Gasteiger charge is -2.11. The molecule has 2 aromatic heterocycles. The van der Waals surface area contributed by atoms with E-state index in [0.29, 0.717) is 18.2 Å². The maximum atomic E-state index is 12.7. The van der Waals surface area contributed by atoms with Crippen LogP contribution in [0.15, 0.2) is 41.1 Å². The molecule has 27 heavy (non-hydrogen) atoms. The highest BCUT2D eigenvalue weighted by Gasteiger charge is 2.30. The molecule has 2 heterocycles. The van der Waals surface area contributed by atoms with E-state index in [0.717, 1.165) is 48.4 Å². The Hall–Kier alpha value is -2.82. The Kier molecular flexibility index (Phi) is 3.88. The third-order valence-electron chi connectivity index (χ3n) is 5.62. The lowest BCUT2D eigenvalue weighted by Crippen LogP contribution is -2.06. The summed E-state index contributed by atoms with van der Waals surface area (Å²) in [5.41, 5.74) is 5.22. The van der Waals surface area contributed by atoms with Gasteiger partial charge in [-0.25, -0.2) is 0 Å². The number of rotatable bonds is 5. The second kappa shape index (κ2) is 6.41. The van der Waals surface area contributed by atoms with Gasteiger partial charge in [-0.3, -0.25) is 9.78 Å². The van der Waals surface area contributed by atoms with Crippen molar-refractivity contribution >= 4 is 5.78 Å². The fraction of sp³-hybridized carbons (Fsp3) is 0.364. The SMILES string of the molecule is Cc1cc(C(=O)C[C@@H]2CCc3cc(-c4noc(C5CC5)n4)ccc32)ccn1. The number of carbonyl (C=O) groups excluding carboxylic acids is 1. The normalized spacial score (nSPS) is 18.5. The largest absolute Gasteiger partial charge is 0.339 e. The van der Waals surface area contributed by atoms with E-state index in [1.807, 2.05) is 19.1 Å². The van der Waals surface area contributed by atoms with Gasteiger partial charge in [-0.1, -0.05) is 17.3 Å². The van der Waals surface area contributed by atoms with Crippen molar-refractivity contribution in [1.82, 2.24) is 15.1 Å². The Morgan fingerprint density at radius 3 is 2.89 bits per heavy atom. The topological polar surface area (TPSA) is 68.9 Å². The first kappa shape index (κ1) is 16.4. The van der Waals surface area contributed by atoms with Gasteiger partial charge in [0.1, 0.15) is 0 Å². The van der Waals surface area contributed by atoms with Crippen LogP contribution in [0.4, 0.5) is 0 Å². The van der Waals surface area contributed by atoms with Crippen LogP contribution in [-0.4, -0.2) is 20.9 Å². The molecule has 2 aliphatic rings. The Morgan fingerprint density at radius 2 is 2.07 bits per heavy atom. The zero-order valence-electron chi connectivity index (χ0n) is 15.3. The molecule has 136 valence electrons. The summed E-state index contributed by atoms with van der Waals surface area (Å²) >= 11 is 0. The molecule has 0 radical (unpaired) electrons. The highest BCUT2D eigenvalue weighted by Crippen LogP contribution is 2.41. The fourth-order valence-electron chi connectivity index (χ4n) is 3.97. The van der Waals surface area contributed by atoms with E-state index < -0.39 is 0 Å². The first-order valence-electron chi connectivity index (χ1n) is 9.60. The standard InChI is InChI=1S/C22H21N3O2/c1-13-10-17(8-9-23-13)20(26)12-16-5-4-15-11-18(6-7-19(15)16)21-24-22(27-25-21)14-2-3-14/h6-11,14,16H,2-5,12H2,1H3/t16-/m0/s1. The Labute approximate surface area is 157 Å². The minimum absolute atomic E-state index is 0.190. The van der Waals surface area contributed by atoms with Gasteiger partial charge in [0.15, 0.2) is 5.78 Å². The molecule has 0 saturated heterocycles. The third kappa shape index (κ3) is 3.18. The van der Waals surface area contributed by atoms with Gasteiger partial charge in [0.2, 0.25) is 11.7 Å². The molecular weight excluding hydrogens is 338 g/mol. The Balaban J connectivity index is 1.35. The molecule has 2 aliphatic carbocycles. The van der Waals surface area contributed by atoms with E-state index in [2.05, 4.69) is 33.3 Å². The number of pyridine rings is 1. The predicted molar refractivity (Wildman–Crippen MR) is 101 cm³/mol. The van der Waals surface area contributed by atoms with Gasteiger partial charge >= 0.3 is 0 Å². The van der Waals surface area contributed by atoms with E-state index in [9.17, 15) is 4.79 Å². The van der Waals surface area contributed by atoms with Crippen molar-refractivity contribution in [3.63, 3.8) is 0 Å². The number of Topliss-reactive ketones (excluding diaryl/α,β-unsaturated/α-hetero) is 1. The summed E-state index contributed by atoms with van der Waals surface area (Å²) in [6.07, 6.45) is 6.55. The van der Waals surface area contributed by atoms with Crippen LogP contribution in [-0.2, 0) is 6.42 Å².